The van der Waals surface area contributed by atoms with Crippen molar-refractivity contribution in [3.8, 4) is 11.5 Å². The molecule has 15 heteroatoms. The fourth-order valence-corrected chi connectivity index (χ4v) is 3.38. The van der Waals surface area contributed by atoms with E-state index in [1.165, 1.54) is 42.5 Å². The summed E-state index contributed by atoms with van der Waals surface area (Å²) in [5.74, 6) is -0.924. The van der Waals surface area contributed by atoms with Crippen molar-refractivity contribution in [3.63, 3.8) is 0 Å². The molecule has 0 N–H and O–H groups in total. The third kappa shape index (κ3) is 9.83. The second-order valence-electron chi connectivity index (χ2n) is 8.59. The Hall–Kier alpha value is -5.08. The van der Waals surface area contributed by atoms with Crippen LogP contribution in [0.3, 0.4) is 0 Å². The van der Waals surface area contributed by atoms with Crippen molar-refractivity contribution >= 4 is 23.4 Å². The van der Waals surface area contributed by atoms with Gasteiger partial charge in [-0.2, -0.15) is 22.0 Å². The Morgan fingerprint density at radius 1 is 0.833 bits per heavy atom. The molecule has 0 aliphatic rings. The average molecular weight is 596 g/mol. The van der Waals surface area contributed by atoms with Crippen LogP contribution >= 0.6 is 0 Å². The maximum Gasteiger partial charge on any atom is 0.426 e. The molecular formula is C27H21F5N2O8. The largest absolute Gasteiger partial charge is 0.494 e. The van der Waals surface area contributed by atoms with Gasteiger partial charge in [-0.3, -0.25) is 20.2 Å². The van der Waals surface area contributed by atoms with E-state index < -0.39 is 58.1 Å². The number of ether oxygens (including phenoxy) is 3. The van der Waals surface area contributed by atoms with E-state index in [2.05, 4.69) is 0 Å². The van der Waals surface area contributed by atoms with Gasteiger partial charge in [0.15, 0.2) is 0 Å². The third-order valence-corrected chi connectivity index (χ3v) is 5.37. The molecule has 42 heavy (non-hydrogen) atoms. The number of carbonyl (C=O) groups is 1. The van der Waals surface area contributed by atoms with Crippen molar-refractivity contribution in [3.05, 3.63) is 110 Å². The second-order valence-corrected chi connectivity index (χ2v) is 8.59. The number of alkyl halides is 5. The standard InChI is InChI=1S/C27H21F5N2O8/c28-26(29,30)12-1-13-40-23-7-9-24(10-8-23)42-27(31,32)20-5-2-18(3-6-20)4-11-25(35)41-17-19-14-21(33(36)37)16-22(15-19)34(38)39/h2-11,14-16H,1,12-13,17H2/b11-4+. The van der Waals surface area contributed by atoms with E-state index in [9.17, 15) is 47.0 Å². The van der Waals surface area contributed by atoms with E-state index >= 15 is 0 Å². The molecule has 0 fully saturated rings. The number of non-ortho nitro benzene ring substituents is 2. The van der Waals surface area contributed by atoms with Crippen molar-refractivity contribution in [1.29, 1.82) is 0 Å². The number of benzene rings is 3. The number of esters is 1. The molecule has 0 heterocycles. The smallest absolute Gasteiger partial charge is 0.426 e. The number of hydrogen-bond acceptors (Lipinski definition) is 8. The molecule has 3 aromatic carbocycles. The van der Waals surface area contributed by atoms with E-state index in [-0.39, 0.29) is 30.1 Å². The van der Waals surface area contributed by atoms with E-state index in [4.69, 9.17) is 14.2 Å². The van der Waals surface area contributed by atoms with Crippen molar-refractivity contribution in [2.24, 2.45) is 0 Å². The van der Waals surface area contributed by atoms with E-state index in [1.807, 2.05) is 0 Å². The number of carbonyl (C=O) groups excluding carboxylic acids is 1. The van der Waals surface area contributed by atoms with Gasteiger partial charge in [-0.1, -0.05) is 12.1 Å². The Balaban J connectivity index is 1.53. The molecule has 10 nitrogen and oxygen atoms in total. The van der Waals surface area contributed by atoms with Crippen LogP contribution in [0.1, 0.15) is 29.5 Å². The van der Waals surface area contributed by atoms with Gasteiger partial charge < -0.3 is 14.2 Å². The SMILES string of the molecule is O=C(/C=C/c1ccc(C(F)(F)Oc2ccc(OCCCC(F)(F)F)cc2)cc1)OCc1cc([N+](=O)[O-])cc([N+](=O)[O-])c1. The lowest BCUT2D eigenvalue weighted by Gasteiger charge is -2.18. The number of nitro groups is 2. The van der Waals surface area contributed by atoms with Crippen molar-refractivity contribution in [2.75, 3.05) is 6.61 Å². The fraction of sp³-hybridized carbons (Fsp3) is 0.222. The number of nitro benzene ring substituents is 2. The molecule has 0 saturated carbocycles. The number of rotatable bonds is 13. The Morgan fingerprint density at radius 3 is 1.95 bits per heavy atom. The molecule has 0 radical (unpaired) electrons. The summed E-state index contributed by atoms with van der Waals surface area (Å²) in [5, 5.41) is 21.9. The first-order valence-corrected chi connectivity index (χ1v) is 12.0. The zero-order valence-electron chi connectivity index (χ0n) is 21.4. The molecule has 0 spiro atoms. The molecule has 3 aromatic rings. The van der Waals surface area contributed by atoms with Crippen molar-refractivity contribution < 1.29 is 50.8 Å². The van der Waals surface area contributed by atoms with Crippen molar-refractivity contribution in [1.82, 2.24) is 0 Å². The minimum absolute atomic E-state index is 0.0207. The molecule has 0 saturated heterocycles. The summed E-state index contributed by atoms with van der Waals surface area (Å²) in [5.41, 5.74) is -1.24. The normalized spacial score (nSPS) is 11.7. The van der Waals surface area contributed by atoms with Crippen molar-refractivity contribution in [2.45, 2.75) is 31.7 Å². The molecule has 0 unspecified atom stereocenters. The quantitative estimate of drug-likeness (QED) is 0.0510. The van der Waals surface area contributed by atoms with Gasteiger partial charge >= 0.3 is 18.3 Å². The van der Waals surface area contributed by atoms with Gasteiger partial charge in [0.2, 0.25) is 0 Å². The van der Waals surface area contributed by atoms with Gasteiger partial charge in [0.05, 0.1) is 28.1 Å². The minimum Gasteiger partial charge on any atom is -0.494 e. The first kappa shape index (κ1) is 31.4. The Morgan fingerprint density at radius 2 is 1.40 bits per heavy atom. The maximum absolute atomic E-state index is 14.6. The Bertz CT molecular complexity index is 1410. The van der Waals surface area contributed by atoms with Crippen LogP contribution in [0.2, 0.25) is 0 Å². The summed E-state index contributed by atoms with van der Waals surface area (Å²) >= 11 is 0. The summed E-state index contributed by atoms with van der Waals surface area (Å²) in [6, 6.07) is 12.4. The zero-order valence-corrected chi connectivity index (χ0v) is 21.4. The van der Waals surface area contributed by atoms with Crippen LogP contribution < -0.4 is 9.47 Å². The second kappa shape index (κ2) is 13.5. The van der Waals surface area contributed by atoms with Gasteiger partial charge in [-0.15, -0.1) is 0 Å². The van der Waals surface area contributed by atoms with Crippen LogP contribution in [0.4, 0.5) is 33.3 Å². The Kier molecular flexibility index (Phi) is 10.1. The van der Waals surface area contributed by atoms with E-state index in [1.54, 1.807) is 0 Å². The minimum atomic E-state index is -4.29. The summed E-state index contributed by atoms with van der Waals surface area (Å²) in [6.07, 6.45) is -7.07. The molecular weight excluding hydrogens is 575 g/mol. The van der Waals surface area contributed by atoms with Gasteiger partial charge in [0.25, 0.3) is 11.4 Å². The highest BCUT2D eigenvalue weighted by molar-refractivity contribution is 5.87. The highest BCUT2D eigenvalue weighted by Crippen LogP contribution is 2.33. The number of halogens is 5. The topological polar surface area (TPSA) is 131 Å². The van der Waals surface area contributed by atoms with Gasteiger partial charge in [-0.05, 0) is 54.5 Å². The molecule has 0 aliphatic heterocycles. The lowest BCUT2D eigenvalue weighted by Crippen LogP contribution is -2.21. The third-order valence-electron chi connectivity index (χ3n) is 5.37. The monoisotopic (exact) mass is 596 g/mol. The van der Waals surface area contributed by atoms with Gasteiger partial charge in [-0.25, -0.2) is 4.79 Å². The van der Waals surface area contributed by atoms with Gasteiger partial charge in [0.1, 0.15) is 18.1 Å². The molecule has 0 atom stereocenters. The average Bonchev–Trinajstić information content (AvgIpc) is 2.93. The predicted molar refractivity (Wildman–Crippen MR) is 137 cm³/mol. The first-order valence-electron chi connectivity index (χ1n) is 12.0. The lowest BCUT2D eigenvalue weighted by molar-refractivity contribution is -0.394. The molecule has 3 rings (SSSR count). The summed E-state index contributed by atoms with van der Waals surface area (Å²) < 4.78 is 80.6. The molecule has 0 aromatic heterocycles. The molecule has 0 amide bonds. The van der Waals surface area contributed by atoms with E-state index in [0.717, 1.165) is 36.4 Å². The van der Waals surface area contributed by atoms with Crippen LogP contribution in [-0.2, 0) is 22.2 Å². The van der Waals surface area contributed by atoms with Crippen LogP contribution in [0, 0.1) is 20.2 Å². The number of nitrogens with zero attached hydrogens (tertiary/aromatic N) is 2. The first-order chi connectivity index (χ1) is 19.7. The van der Waals surface area contributed by atoms with Crippen LogP contribution in [0.15, 0.2) is 72.8 Å². The highest BCUT2D eigenvalue weighted by atomic mass is 19.4. The zero-order chi connectivity index (χ0) is 30.9. The summed E-state index contributed by atoms with van der Waals surface area (Å²) in [7, 11) is 0. The molecule has 0 bridgehead atoms. The predicted octanol–water partition coefficient (Wildman–Crippen LogP) is 7.11. The summed E-state index contributed by atoms with van der Waals surface area (Å²) in [6.45, 7) is -0.684. The van der Waals surface area contributed by atoms with Gasteiger partial charge in [0, 0.05) is 30.2 Å². The Labute approximate surface area is 234 Å². The van der Waals surface area contributed by atoms with Crippen LogP contribution in [0.25, 0.3) is 6.08 Å². The molecule has 0 aliphatic carbocycles. The van der Waals surface area contributed by atoms with E-state index in [0.29, 0.717) is 5.56 Å². The number of hydrogen-bond donors (Lipinski definition) is 0. The lowest BCUT2D eigenvalue weighted by atomic mass is 10.1. The molecule has 222 valence electrons. The fourth-order valence-electron chi connectivity index (χ4n) is 3.38. The highest BCUT2D eigenvalue weighted by Gasteiger charge is 2.34. The van der Waals surface area contributed by atoms with Crippen LogP contribution in [0.5, 0.6) is 11.5 Å². The summed E-state index contributed by atoms with van der Waals surface area (Å²) in [4.78, 5) is 32.3. The van der Waals surface area contributed by atoms with Crippen LogP contribution in [-0.4, -0.2) is 28.6 Å². The maximum atomic E-state index is 14.6.